The molecule has 1 rings (SSSR count). The van der Waals surface area contributed by atoms with Crippen molar-refractivity contribution >= 4 is 11.7 Å². The van der Waals surface area contributed by atoms with Crippen LogP contribution in [0.4, 0.5) is 23.7 Å². The number of benzene rings is 1. The summed E-state index contributed by atoms with van der Waals surface area (Å²) in [7, 11) is 0. The van der Waals surface area contributed by atoms with Gasteiger partial charge < -0.3 is 15.0 Å². The van der Waals surface area contributed by atoms with Crippen LogP contribution in [0.15, 0.2) is 18.2 Å². The molecular formula is C12H15F3N2O2. The summed E-state index contributed by atoms with van der Waals surface area (Å²) in [6.07, 6.45) is 0. The summed E-state index contributed by atoms with van der Waals surface area (Å²) in [5.41, 5.74) is 0.177. The minimum Gasteiger partial charge on any atom is -0.432 e. The Morgan fingerprint density at radius 1 is 1.37 bits per heavy atom. The van der Waals surface area contributed by atoms with Crippen LogP contribution in [0.25, 0.3) is 0 Å². The highest BCUT2D eigenvalue weighted by Crippen LogP contribution is 2.22. The van der Waals surface area contributed by atoms with Crippen molar-refractivity contribution in [3.05, 3.63) is 24.0 Å². The summed E-state index contributed by atoms with van der Waals surface area (Å²) in [6.45, 7) is 1.55. The van der Waals surface area contributed by atoms with E-state index in [0.717, 1.165) is 12.1 Å². The van der Waals surface area contributed by atoms with Crippen molar-refractivity contribution in [1.29, 1.82) is 0 Å². The number of hydrogen-bond acceptors (Lipinski definition) is 2. The molecule has 7 heteroatoms. The predicted octanol–water partition coefficient (Wildman–Crippen LogP) is 3.30. The highest BCUT2D eigenvalue weighted by Gasteiger charge is 2.13. The summed E-state index contributed by atoms with van der Waals surface area (Å²) in [5, 5.41) is 2.47. The summed E-state index contributed by atoms with van der Waals surface area (Å²) in [5.74, 6) is -1.52. The van der Waals surface area contributed by atoms with Gasteiger partial charge in [-0.3, -0.25) is 0 Å². The van der Waals surface area contributed by atoms with Crippen molar-refractivity contribution in [3.63, 3.8) is 0 Å². The first-order valence-corrected chi connectivity index (χ1v) is 5.78. The number of urea groups is 1. The van der Waals surface area contributed by atoms with E-state index in [9.17, 15) is 18.0 Å². The number of rotatable bonds is 5. The highest BCUT2D eigenvalue weighted by molar-refractivity contribution is 5.89. The van der Waals surface area contributed by atoms with Gasteiger partial charge in [-0.2, -0.15) is 8.78 Å². The number of halogens is 3. The standard InChI is InChI=1S/C12H15F3N2O2/c1-3-17(4-2)12(18)16-8-5-6-10(9(13)7-8)19-11(14)15/h5-7,11H,3-4H2,1-2H3,(H,16,18). The lowest BCUT2D eigenvalue weighted by Gasteiger charge is -2.19. The summed E-state index contributed by atoms with van der Waals surface area (Å²) in [4.78, 5) is 13.2. The van der Waals surface area contributed by atoms with Crippen LogP contribution in [0, 0.1) is 5.82 Å². The third-order valence-corrected chi connectivity index (χ3v) is 2.45. The fraction of sp³-hybridized carbons (Fsp3) is 0.417. The molecule has 0 radical (unpaired) electrons. The van der Waals surface area contributed by atoms with Gasteiger partial charge in [-0.15, -0.1) is 0 Å². The maximum atomic E-state index is 13.4. The number of nitrogens with zero attached hydrogens (tertiary/aromatic N) is 1. The number of amides is 2. The maximum Gasteiger partial charge on any atom is 0.387 e. The van der Waals surface area contributed by atoms with E-state index in [1.54, 1.807) is 0 Å². The maximum absolute atomic E-state index is 13.4. The average Bonchev–Trinajstić information content (AvgIpc) is 2.33. The Labute approximate surface area is 109 Å². The molecule has 2 amide bonds. The summed E-state index contributed by atoms with van der Waals surface area (Å²) >= 11 is 0. The van der Waals surface area contributed by atoms with Gasteiger partial charge in [-0.05, 0) is 26.0 Å². The first-order valence-electron chi connectivity index (χ1n) is 5.78. The van der Waals surface area contributed by atoms with Crippen LogP contribution in [0.3, 0.4) is 0 Å². The van der Waals surface area contributed by atoms with Crippen molar-refractivity contribution in [2.24, 2.45) is 0 Å². The molecule has 0 heterocycles. The number of nitrogens with one attached hydrogen (secondary N) is 1. The van der Waals surface area contributed by atoms with E-state index in [2.05, 4.69) is 10.1 Å². The van der Waals surface area contributed by atoms with Crippen LogP contribution in [-0.2, 0) is 0 Å². The molecule has 0 aliphatic rings. The molecule has 0 aromatic heterocycles. The quantitative estimate of drug-likeness (QED) is 0.896. The van der Waals surface area contributed by atoms with Gasteiger partial charge in [0.15, 0.2) is 11.6 Å². The predicted molar refractivity (Wildman–Crippen MR) is 65.0 cm³/mol. The lowest BCUT2D eigenvalue weighted by Crippen LogP contribution is -2.34. The third-order valence-electron chi connectivity index (χ3n) is 2.45. The van der Waals surface area contributed by atoms with Crippen LogP contribution >= 0.6 is 0 Å². The topological polar surface area (TPSA) is 41.6 Å². The molecule has 0 bridgehead atoms. The van der Waals surface area contributed by atoms with Crippen molar-refractivity contribution in [2.75, 3.05) is 18.4 Å². The number of hydrogen-bond donors (Lipinski definition) is 1. The van der Waals surface area contributed by atoms with Crippen molar-refractivity contribution in [1.82, 2.24) is 4.90 Å². The minimum atomic E-state index is -3.09. The van der Waals surface area contributed by atoms with Crippen molar-refractivity contribution < 1.29 is 22.7 Å². The zero-order valence-corrected chi connectivity index (χ0v) is 10.6. The Bertz CT molecular complexity index is 437. The van der Waals surface area contributed by atoms with Crippen LogP contribution in [0.1, 0.15) is 13.8 Å². The van der Waals surface area contributed by atoms with Gasteiger partial charge in [-0.1, -0.05) is 0 Å². The Morgan fingerprint density at radius 3 is 2.47 bits per heavy atom. The van der Waals surface area contributed by atoms with E-state index in [1.165, 1.54) is 11.0 Å². The van der Waals surface area contributed by atoms with E-state index < -0.39 is 18.2 Å². The molecule has 1 N–H and O–H groups in total. The monoisotopic (exact) mass is 276 g/mol. The first kappa shape index (κ1) is 15.1. The zero-order valence-electron chi connectivity index (χ0n) is 10.6. The lowest BCUT2D eigenvalue weighted by molar-refractivity contribution is -0.0521. The third kappa shape index (κ3) is 4.35. The molecule has 4 nitrogen and oxygen atoms in total. The van der Waals surface area contributed by atoms with Gasteiger partial charge in [0.05, 0.1) is 0 Å². The fourth-order valence-electron chi connectivity index (χ4n) is 1.48. The number of ether oxygens (including phenoxy) is 1. The molecule has 0 saturated heterocycles. The zero-order chi connectivity index (χ0) is 14.4. The molecule has 0 aliphatic heterocycles. The Hall–Kier alpha value is -1.92. The van der Waals surface area contributed by atoms with E-state index in [0.29, 0.717) is 13.1 Å². The summed E-state index contributed by atoms with van der Waals surface area (Å²) < 4.78 is 41.3. The molecule has 0 aliphatic carbocycles. The first-order chi connectivity index (χ1) is 8.97. The van der Waals surface area contributed by atoms with Gasteiger partial charge in [-0.25, -0.2) is 9.18 Å². The molecule has 0 saturated carbocycles. The normalized spacial score (nSPS) is 10.4. The Kier molecular flexibility index (Phi) is 5.47. The fourth-order valence-corrected chi connectivity index (χ4v) is 1.48. The number of carbonyl (C=O) groups excluding carboxylic acids is 1. The average molecular weight is 276 g/mol. The Balaban J connectivity index is 2.75. The van der Waals surface area contributed by atoms with Gasteiger partial charge in [0, 0.05) is 24.8 Å². The largest absolute Gasteiger partial charge is 0.432 e. The molecule has 0 atom stereocenters. The molecule has 1 aromatic carbocycles. The van der Waals surface area contributed by atoms with Crippen LogP contribution in [0.5, 0.6) is 5.75 Å². The second kappa shape index (κ2) is 6.86. The molecule has 0 unspecified atom stereocenters. The molecule has 0 fully saturated rings. The molecule has 106 valence electrons. The number of alkyl halides is 2. The highest BCUT2D eigenvalue weighted by atomic mass is 19.3. The van der Waals surface area contributed by atoms with E-state index in [4.69, 9.17) is 0 Å². The van der Waals surface area contributed by atoms with Crippen LogP contribution in [-0.4, -0.2) is 30.6 Å². The van der Waals surface area contributed by atoms with E-state index in [-0.39, 0.29) is 11.7 Å². The number of anilines is 1. The summed E-state index contributed by atoms with van der Waals surface area (Å²) in [6, 6.07) is 2.88. The lowest BCUT2D eigenvalue weighted by atomic mass is 10.3. The molecular weight excluding hydrogens is 261 g/mol. The SMILES string of the molecule is CCN(CC)C(=O)Nc1ccc(OC(F)F)c(F)c1. The molecule has 0 spiro atoms. The van der Waals surface area contributed by atoms with Gasteiger partial charge in [0.25, 0.3) is 0 Å². The second-order valence-electron chi connectivity index (χ2n) is 3.63. The Morgan fingerprint density at radius 2 is 2.00 bits per heavy atom. The van der Waals surface area contributed by atoms with E-state index >= 15 is 0 Å². The van der Waals surface area contributed by atoms with Crippen molar-refractivity contribution in [3.8, 4) is 5.75 Å². The van der Waals surface area contributed by atoms with Gasteiger partial charge in [0.2, 0.25) is 0 Å². The van der Waals surface area contributed by atoms with Gasteiger partial charge >= 0.3 is 12.6 Å². The van der Waals surface area contributed by atoms with Crippen LogP contribution in [0.2, 0.25) is 0 Å². The van der Waals surface area contributed by atoms with E-state index in [1.807, 2.05) is 13.8 Å². The van der Waals surface area contributed by atoms with Crippen molar-refractivity contribution in [2.45, 2.75) is 20.5 Å². The smallest absolute Gasteiger partial charge is 0.387 e. The molecule has 1 aromatic rings. The van der Waals surface area contributed by atoms with Crippen LogP contribution < -0.4 is 10.1 Å². The molecule has 19 heavy (non-hydrogen) atoms. The second-order valence-corrected chi connectivity index (χ2v) is 3.63. The minimum absolute atomic E-state index is 0.177. The number of carbonyl (C=O) groups is 1. The van der Waals surface area contributed by atoms with Gasteiger partial charge in [0.1, 0.15) is 0 Å².